The van der Waals surface area contributed by atoms with Gasteiger partial charge in [-0.15, -0.1) is 0 Å². The number of rotatable bonds is 3. The van der Waals surface area contributed by atoms with Crippen LogP contribution in [0.1, 0.15) is 20.8 Å². The Bertz CT molecular complexity index is 330. The summed E-state index contributed by atoms with van der Waals surface area (Å²) < 4.78 is 5.45. The molecule has 76 valence electrons. The van der Waals surface area contributed by atoms with Crippen molar-refractivity contribution in [3.8, 4) is 5.75 Å². The zero-order valence-electron chi connectivity index (χ0n) is 8.57. The monoisotopic (exact) mass is 194 g/mol. The first-order valence-corrected chi connectivity index (χ1v) is 4.33. The molecule has 0 bridgehead atoms. The maximum atomic E-state index is 11.2. The van der Waals surface area contributed by atoms with Gasteiger partial charge in [-0.1, -0.05) is 0 Å². The van der Waals surface area contributed by atoms with Gasteiger partial charge in [0.05, 0.1) is 6.20 Å². The second-order valence-electron chi connectivity index (χ2n) is 3.59. The van der Waals surface area contributed by atoms with Crippen molar-refractivity contribution in [1.29, 1.82) is 0 Å². The lowest BCUT2D eigenvalue weighted by Gasteiger charge is -2.22. The molecule has 0 spiro atoms. The Kier molecular flexibility index (Phi) is 2.74. The quantitative estimate of drug-likeness (QED) is 0.790. The minimum atomic E-state index is -0.822. The third kappa shape index (κ3) is 2.45. The van der Waals surface area contributed by atoms with E-state index in [1.54, 1.807) is 26.0 Å². The third-order valence-corrected chi connectivity index (χ3v) is 1.98. The van der Waals surface area contributed by atoms with E-state index >= 15 is 0 Å². The van der Waals surface area contributed by atoms with Crippen LogP contribution in [0.3, 0.4) is 0 Å². The largest absolute Gasteiger partial charge is 0.478 e. The normalized spacial score (nSPS) is 11.1. The van der Waals surface area contributed by atoms with Crippen LogP contribution in [0, 0.1) is 0 Å². The fourth-order valence-electron chi connectivity index (χ4n) is 0.819. The predicted molar refractivity (Wildman–Crippen MR) is 54.0 cm³/mol. The number of carbonyl (C=O) groups is 1. The average Bonchev–Trinajstić information content (AvgIpc) is 2.08. The maximum Gasteiger partial charge on any atom is 0.172 e. The summed E-state index contributed by atoms with van der Waals surface area (Å²) in [5.41, 5.74) is 4.59. The Balaban J connectivity index is 2.79. The lowest BCUT2D eigenvalue weighted by Crippen LogP contribution is -2.36. The van der Waals surface area contributed by atoms with Gasteiger partial charge < -0.3 is 10.5 Å². The highest BCUT2D eigenvalue weighted by Crippen LogP contribution is 2.18. The van der Waals surface area contributed by atoms with Gasteiger partial charge in [-0.25, -0.2) is 4.98 Å². The first-order valence-electron chi connectivity index (χ1n) is 4.33. The highest BCUT2D eigenvalue weighted by atomic mass is 16.5. The smallest absolute Gasteiger partial charge is 0.172 e. The Morgan fingerprint density at radius 1 is 1.50 bits per heavy atom. The van der Waals surface area contributed by atoms with Crippen LogP contribution in [0.5, 0.6) is 5.75 Å². The van der Waals surface area contributed by atoms with E-state index in [-0.39, 0.29) is 5.78 Å². The number of carbonyl (C=O) groups excluding carboxylic acids is 1. The van der Waals surface area contributed by atoms with Crippen LogP contribution >= 0.6 is 0 Å². The molecule has 0 aliphatic carbocycles. The van der Waals surface area contributed by atoms with Crippen LogP contribution in [0.4, 0.5) is 5.82 Å². The molecule has 0 aliphatic heterocycles. The number of nitrogens with zero attached hydrogens (tertiary/aromatic N) is 1. The summed E-state index contributed by atoms with van der Waals surface area (Å²) in [4.78, 5) is 15.0. The van der Waals surface area contributed by atoms with Crippen LogP contribution in [-0.2, 0) is 4.79 Å². The molecule has 14 heavy (non-hydrogen) atoms. The van der Waals surface area contributed by atoms with E-state index in [4.69, 9.17) is 10.5 Å². The van der Waals surface area contributed by atoms with Gasteiger partial charge >= 0.3 is 0 Å². The van der Waals surface area contributed by atoms with Gasteiger partial charge in [-0.3, -0.25) is 4.79 Å². The number of anilines is 1. The standard InChI is InChI=1S/C10H14N2O2/c1-7(13)10(2,3)14-8-4-5-9(11)12-6-8/h4-6H,1-3H3,(H2,11,12). The van der Waals surface area contributed by atoms with Crippen LogP contribution in [0.15, 0.2) is 18.3 Å². The van der Waals surface area contributed by atoms with Crippen LogP contribution in [0.2, 0.25) is 0 Å². The van der Waals surface area contributed by atoms with Gasteiger partial charge in [0, 0.05) is 0 Å². The fraction of sp³-hybridized carbons (Fsp3) is 0.400. The molecule has 1 aromatic rings. The summed E-state index contributed by atoms with van der Waals surface area (Å²) in [6.45, 7) is 4.92. The minimum Gasteiger partial charge on any atom is -0.478 e. The molecule has 0 saturated heterocycles. The van der Waals surface area contributed by atoms with Gasteiger partial charge in [0.25, 0.3) is 0 Å². The summed E-state index contributed by atoms with van der Waals surface area (Å²) in [5, 5.41) is 0. The van der Waals surface area contributed by atoms with Gasteiger partial charge in [-0.05, 0) is 32.9 Å². The van der Waals surface area contributed by atoms with Crippen molar-refractivity contribution < 1.29 is 9.53 Å². The molecular weight excluding hydrogens is 180 g/mol. The van der Waals surface area contributed by atoms with E-state index in [2.05, 4.69) is 4.98 Å². The molecule has 0 saturated carbocycles. The zero-order chi connectivity index (χ0) is 10.8. The van der Waals surface area contributed by atoms with Crippen molar-refractivity contribution in [2.24, 2.45) is 0 Å². The number of Topliss-reactive ketones (excluding diaryl/α,β-unsaturated/α-hetero) is 1. The van der Waals surface area contributed by atoms with E-state index < -0.39 is 5.60 Å². The molecule has 0 fully saturated rings. The molecule has 0 amide bonds. The van der Waals surface area contributed by atoms with Crippen molar-refractivity contribution >= 4 is 11.6 Å². The predicted octanol–water partition coefficient (Wildman–Crippen LogP) is 1.41. The number of ether oxygens (including phenoxy) is 1. The number of nitrogen functional groups attached to an aromatic ring is 1. The summed E-state index contributed by atoms with van der Waals surface area (Å²) in [5.74, 6) is 0.937. The van der Waals surface area contributed by atoms with Crippen molar-refractivity contribution in [2.75, 3.05) is 5.73 Å². The lowest BCUT2D eigenvalue weighted by atomic mass is 10.1. The Morgan fingerprint density at radius 3 is 2.57 bits per heavy atom. The molecule has 0 radical (unpaired) electrons. The lowest BCUT2D eigenvalue weighted by molar-refractivity contribution is -0.129. The second-order valence-corrected chi connectivity index (χ2v) is 3.59. The molecular formula is C10H14N2O2. The topological polar surface area (TPSA) is 65.2 Å². The average molecular weight is 194 g/mol. The highest BCUT2D eigenvalue weighted by molar-refractivity contribution is 5.84. The molecule has 0 atom stereocenters. The van der Waals surface area contributed by atoms with Crippen molar-refractivity contribution in [3.05, 3.63) is 18.3 Å². The van der Waals surface area contributed by atoms with E-state index in [1.807, 2.05) is 0 Å². The molecule has 2 N–H and O–H groups in total. The van der Waals surface area contributed by atoms with Crippen molar-refractivity contribution in [1.82, 2.24) is 4.98 Å². The Morgan fingerprint density at radius 2 is 2.14 bits per heavy atom. The van der Waals surface area contributed by atoms with E-state index in [9.17, 15) is 4.79 Å². The fourth-order valence-corrected chi connectivity index (χ4v) is 0.819. The van der Waals surface area contributed by atoms with Crippen LogP contribution < -0.4 is 10.5 Å². The Labute approximate surface area is 83.1 Å². The summed E-state index contributed by atoms with van der Waals surface area (Å²) in [6.07, 6.45) is 1.50. The number of nitrogens with two attached hydrogens (primary N) is 1. The molecule has 1 rings (SSSR count). The number of ketones is 1. The molecule has 0 aliphatic rings. The number of aromatic nitrogens is 1. The summed E-state index contributed by atoms with van der Waals surface area (Å²) >= 11 is 0. The van der Waals surface area contributed by atoms with E-state index in [0.29, 0.717) is 11.6 Å². The van der Waals surface area contributed by atoms with Crippen LogP contribution in [0.25, 0.3) is 0 Å². The van der Waals surface area contributed by atoms with E-state index in [1.165, 1.54) is 13.1 Å². The highest BCUT2D eigenvalue weighted by Gasteiger charge is 2.25. The molecule has 1 heterocycles. The van der Waals surface area contributed by atoms with Crippen molar-refractivity contribution in [2.45, 2.75) is 26.4 Å². The molecule has 4 nitrogen and oxygen atoms in total. The molecule has 0 unspecified atom stereocenters. The summed E-state index contributed by atoms with van der Waals surface area (Å²) in [6, 6.07) is 3.32. The number of pyridine rings is 1. The van der Waals surface area contributed by atoms with Gasteiger partial charge in [0.1, 0.15) is 11.6 Å². The van der Waals surface area contributed by atoms with Crippen LogP contribution in [-0.4, -0.2) is 16.4 Å². The van der Waals surface area contributed by atoms with Gasteiger partial charge in [-0.2, -0.15) is 0 Å². The molecule has 0 aromatic carbocycles. The number of hydrogen-bond acceptors (Lipinski definition) is 4. The second kappa shape index (κ2) is 3.65. The van der Waals surface area contributed by atoms with Gasteiger partial charge in [0.15, 0.2) is 11.4 Å². The maximum absolute atomic E-state index is 11.2. The first kappa shape index (κ1) is 10.5. The zero-order valence-corrected chi connectivity index (χ0v) is 8.57. The minimum absolute atomic E-state index is 0.0330. The molecule has 1 aromatic heterocycles. The Hall–Kier alpha value is -1.58. The SMILES string of the molecule is CC(=O)C(C)(C)Oc1ccc(N)nc1. The first-order chi connectivity index (χ1) is 6.42. The van der Waals surface area contributed by atoms with Crippen molar-refractivity contribution in [3.63, 3.8) is 0 Å². The third-order valence-electron chi connectivity index (χ3n) is 1.98. The molecule has 4 heteroatoms. The van der Waals surface area contributed by atoms with Gasteiger partial charge in [0.2, 0.25) is 0 Å². The summed E-state index contributed by atoms with van der Waals surface area (Å²) in [7, 11) is 0. The number of hydrogen-bond donors (Lipinski definition) is 1. The van der Waals surface area contributed by atoms with E-state index in [0.717, 1.165) is 0 Å².